The van der Waals surface area contributed by atoms with E-state index in [2.05, 4.69) is 11.1 Å². The molecule has 0 saturated carbocycles. The summed E-state index contributed by atoms with van der Waals surface area (Å²) in [7, 11) is 0. The van der Waals surface area contributed by atoms with Crippen molar-refractivity contribution in [1.82, 2.24) is 4.98 Å². The number of H-pyrrole nitrogens is 1. The highest BCUT2D eigenvalue weighted by Crippen LogP contribution is 2.28. The van der Waals surface area contributed by atoms with Gasteiger partial charge in [-0.15, -0.1) is 0 Å². The smallest absolute Gasteiger partial charge is 0.0505 e. The van der Waals surface area contributed by atoms with Crippen LogP contribution in [-0.2, 0) is 6.42 Å². The molecule has 0 saturated heterocycles. The molecule has 0 aliphatic rings. The predicted octanol–water partition coefficient (Wildman–Crippen LogP) is 2.63. The van der Waals surface area contributed by atoms with Crippen molar-refractivity contribution in [2.75, 3.05) is 6.54 Å². The number of nitrogens with one attached hydrogen (secondary N) is 1. The molecule has 1 aromatic heterocycles. The van der Waals surface area contributed by atoms with Gasteiger partial charge < -0.3 is 10.7 Å². The molecule has 2 aromatic rings. The van der Waals surface area contributed by atoms with Crippen LogP contribution < -0.4 is 5.73 Å². The molecule has 3 heteroatoms. The minimum atomic E-state index is 0.650. The topological polar surface area (TPSA) is 41.8 Å². The number of aromatic nitrogens is 1. The van der Waals surface area contributed by atoms with Crippen LogP contribution in [-0.4, -0.2) is 11.5 Å². The Balaban J connectivity index is 2.66. The molecule has 2 nitrogen and oxygen atoms in total. The van der Waals surface area contributed by atoms with Crippen LogP contribution in [0.5, 0.6) is 0 Å². The minimum absolute atomic E-state index is 0.650. The van der Waals surface area contributed by atoms with Crippen molar-refractivity contribution in [3.8, 4) is 0 Å². The number of hydrogen-bond donors (Lipinski definition) is 2. The Labute approximate surface area is 88.1 Å². The Morgan fingerprint density at radius 2 is 2.21 bits per heavy atom. The summed E-state index contributed by atoms with van der Waals surface area (Å²) in [5.74, 6) is 0. The summed E-state index contributed by atoms with van der Waals surface area (Å²) in [5, 5.41) is 1.92. The van der Waals surface area contributed by atoms with Gasteiger partial charge in [0.1, 0.15) is 0 Å². The van der Waals surface area contributed by atoms with Crippen LogP contribution in [0, 0.1) is 6.92 Å². The maximum absolute atomic E-state index is 6.18. The van der Waals surface area contributed by atoms with E-state index in [1.807, 2.05) is 19.2 Å². The normalized spacial score (nSPS) is 11.1. The largest absolute Gasteiger partial charge is 0.361 e. The molecule has 1 heterocycles. The van der Waals surface area contributed by atoms with Crippen LogP contribution in [0.1, 0.15) is 11.1 Å². The van der Waals surface area contributed by atoms with Gasteiger partial charge in [-0.05, 0) is 43.1 Å². The fourth-order valence-corrected chi connectivity index (χ4v) is 2.17. The number of hydrogen-bond acceptors (Lipinski definition) is 1. The number of aryl methyl sites for hydroxylation is 1. The Morgan fingerprint density at radius 3 is 2.93 bits per heavy atom. The van der Waals surface area contributed by atoms with Gasteiger partial charge >= 0.3 is 0 Å². The second-order valence-corrected chi connectivity index (χ2v) is 3.93. The first-order valence-electron chi connectivity index (χ1n) is 4.68. The van der Waals surface area contributed by atoms with E-state index in [1.54, 1.807) is 0 Å². The highest BCUT2D eigenvalue weighted by atomic mass is 35.5. The summed E-state index contributed by atoms with van der Waals surface area (Å²) in [6.45, 7) is 2.69. The first-order valence-corrected chi connectivity index (χ1v) is 5.06. The molecule has 0 aliphatic heterocycles. The van der Waals surface area contributed by atoms with Crippen LogP contribution in [0.3, 0.4) is 0 Å². The van der Waals surface area contributed by atoms with E-state index in [0.29, 0.717) is 6.54 Å². The Hall–Kier alpha value is -0.990. The Kier molecular flexibility index (Phi) is 2.48. The average molecular weight is 209 g/mol. The average Bonchev–Trinajstić information content (AvgIpc) is 2.49. The lowest BCUT2D eigenvalue weighted by atomic mass is 10.1. The highest BCUT2D eigenvalue weighted by molar-refractivity contribution is 6.35. The molecule has 0 fully saturated rings. The zero-order valence-electron chi connectivity index (χ0n) is 8.10. The van der Waals surface area contributed by atoms with Gasteiger partial charge in [0, 0.05) is 17.1 Å². The summed E-state index contributed by atoms with van der Waals surface area (Å²) in [5.41, 5.74) is 9.00. The minimum Gasteiger partial charge on any atom is -0.361 e. The van der Waals surface area contributed by atoms with Gasteiger partial charge in [0.25, 0.3) is 0 Å². The monoisotopic (exact) mass is 208 g/mol. The van der Waals surface area contributed by atoms with Crippen molar-refractivity contribution < 1.29 is 0 Å². The number of benzene rings is 1. The lowest BCUT2D eigenvalue weighted by Crippen LogP contribution is -2.01. The van der Waals surface area contributed by atoms with E-state index >= 15 is 0 Å². The van der Waals surface area contributed by atoms with Crippen molar-refractivity contribution in [2.24, 2.45) is 5.73 Å². The fourth-order valence-electron chi connectivity index (χ4n) is 1.77. The molecule has 0 amide bonds. The molecule has 74 valence electrons. The summed E-state index contributed by atoms with van der Waals surface area (Å²) >= 11 is 6.18. The summed E-state index contributed by atoms with van der Waals surface area (Å²) in [6.07, 6.45) is 2.85. The third kappa shape index (κ3) is 1.51. The molecule has 14 heavy (non-hydrogen) atoms. The van der Waals surface area contributed by atoms with Crippen LogP contribution in [0.4, 0.5) is 0 Å². The van der Waals surface area contributed by atoms with Gasteiger partial charge in [0.2, 0.25) is 0 Å². The molecule has 0 aliphatic carbocycles. The van der Waals surface area contributed by atoms with Gasteiger partial charge in [-0.25, -0.2) is 0 Å². The van der Waals surface area contributed by atoms with E-state index < -0.39 is 0 Å². The van der Waals surface area contributed by atoms with Crippen molar-refractivity contribution in [1.29, 1.82) is 0 Å². The number of rotatable bonds is 2. The van der Waals surface area contributed by atoms with Gasteiger partial charge in [-0.3, -0.25) is 0 Å². The molecular weight excluding hydrogens is 196 g/mol. The number of fused-ring (bicyclic) bond motifs is 1. The summed E-state index contributed by atoms with van der Waals surface area (Å²) in [4.78, 5) is 3.21. The van der Waals surface area contributed by atoms with E-state index in [9.17, 15) is 0 Å². The number of nitrogens with two attached hydrogens (primary N) is 1. The van der Waals surface area contributed by atoms with Crippen molar-refractivity contribution in [2.45, 2.75) is 13.3 Å². The predicted molar refractivity (Wildman–Crippen MR) is 60.8 cm³/mol. The van der Waals surface area contributed by atoms with E-state index in [1.165, 1.54) is 11.1 Å². The first kappa shape index (κ1) is 9.56. The molecular formula is C11H13ClN2. The number of halogens is 1. The lowest BCUT2D eigenvalue weighted by molar-refractivity contribution is 0.976. The Bertz CT molecular complexity index is 460. The first-order chi connectivity index (χ1) is 6.72. The van der Waals surface area contributed by atoms with Gasteiger partial charge in [-0.1, -0.05) is 11.6 Å². The second-order valence-electron chi connectivity index (χ2n) is 3.52. The quantitative estimate of drug-likeness (QED) is 0.783. The molecule has 0 bridgehead atoms. The van der Waals surface area contributed by atoms with Crippen LogP contribution >= 0.6 is 11.6 Å². The van der Waals surface area contributed by atoms with E-state index in [4.69, 9.17) is 17.3 Å². The molecule has 0 radical (unpaired) electrons. The van der Waals surface area contributed by atoms with Crippen LogP contribution in [0.2, 0.25) is 5.02 Å². The molecule has 2 rings (SSSR count). The van der Waals surface area contributed by atoms with Crippen LogP contribution in [0.25, 0.3) is 10.9 Å². The molecule has 0 unspecified atom stereocenters. The highest BCUT2D eigenvalue weighted by Gasteiger charge is 2.07. The van der Waals surface area contributed by atoms with E-state index in [-0.39, 0.29) is 0 Å². The summed E-state index contributed by atoms with van der Waals surface area (Å²) < 4.78 is 0. The lowest BCUT2D eigenvalue weighted by Gasteiger charge is -2.00. The number of aromatic amines is 1. The van der Waals surface area contributed by atoms with Gasteiger partial charge in [0.15, 0.2) is 0 Å². The zero-order valence-corrected chi connectivity index (χ0v) is 8.86. The third-order valence-electron chi connectivity index (χ3n) is 2.37. The maximum Gasteiger partial charge on any atom is 0.0505 e. The standard InChI is InChI=1S/C11H13ClN2/c1-7-4-9(12)11-8(2-3-13)6-14-10(11)5-7/h4-6,14H,2-3,13H2,1H3. The maximum atomic E-state index is 6.18. The third-order valence-corrected chi connectivity index (χ3v) is 2.67. The van der Waals surface area contributed by atoms with Gasteiger partial charge in [-0.2, -0.15) is 0 Å². The Morgan fingerprint density at radius 1 is 1.43 bits per heavy atom. The summed E-state index contributed by atoms with van der Waals surface area (Å²) in [6, 6.07) is 4.08. The molecule has 0 spiro atoms. The second kappa shape index (κ2) is 3.64. The van der Waals surface area contributed by atoms with Crippen molar-refractivity contribution in [3.05, 3.63) is 34.5 Å². The van der Waals surface area contributed by atoms with Gasteiger partial charge in [0.05, 0.1) is 5.02 Å². The zero-order chi connectivity index (χ0) is 10.1. The van der Waals surface area contributed by atoms with E-state index in [0.717, 1.165) is 22.3 Å². The van der Waals surface area contributed by atoms with Crippen molar-refractivity contribution >= 4 is 22.5 Å². The SMILES string of the molecule is Cc1cc(Cl)c2c(CCN)c[nH]c2c1. The fraction of sp³-hybridized carbons (Fsp3) is 0.273. The molecule has 3 N–H and O–H groups in total. The molecule has 0 atom stereocenters. The molecule has 1 aromatic carbocycles. The van der Waals surface area contributed by atoms with Crippen molar-refractivity contribution in [3.63, 3.8) is 0 Å². The van der Waals surface area contributed by atoms with Crippen LogP contribution in [0.15, 0.2) is 18.3 Å².